The lowest BCUT2D eigenvalue weighted by atomic mass is 9.93. The third-order valence-corrected chi connectivity index (χ3v) is 2.75. The van der Waals surface area contributed by atoms with E-state index in [9.17, 15) is 4.79 Å². The van der Waals surface area contributed by atoms with Gasteiger partial charge in [-0.25, -0.2) is 4.79 Å². The molecule has 0 saturated carbocycles. The van der Waals surface area contributed by atoms with E-state index >= 15 is 0 Å². The zero-order valence-electron chi connectivity index (χ0n) is 7.77. The fourth-order valence-corrected chi connectivity index (χ4v) is 1.30. The first-order valence-electron chi connectivity index (χ1n) is 4.22. The third kappa shape index (κ3) is 2.05. The molecule has 0 aliphatic carbocycles. The molecule has 2 atom stereocenters. The Labute approximate surface area is 87.5 Å². The molecule has 0 spiro atoms. The Hall–Kier alpha value is -1.06. The van der Waals surface area contributed by atoms with Crippen LogP contribution < -0.4 is 5.73 Å². The number of carboxylic acids is 1. The molecule has 0 unspecified atom stereocenters. The molecule has 14 heavy (non-hydrogen) atoms. The Bertz CT molecular complexity index is 324. The predicted molar refractivity (Wildman–Crippen MR) is 55.3 cm³/mol. The second kappa shape index (κ2) is 3.98. The van der Waals surface area contributed by atoms with Gasteiger partial charge in [-0.3, -0.25) is 0 Å². The molecule has 0 heterocycles. The maximum absolute atomic E-state index is 10.8. The first kappa shape index (κ1) is 11.0. The minimum Gasteiger partial charge on any atom is -0.479 e. The molecule has 1 aromatic carbocycles. The van der Waals surface area contributed by atoms with E-state index in [0.29, 0.717) is 0 Å². The molecule has 0 bridgehead atoms. The Morgan fingerprint density at radius 1 is 1.50 bits per heavy atom. The zero-order valence-corrected chi connectivity index (χ0v) is 8.53. The molecule has 0 aliphatic rings. The predicted octanol–water partition coefficient (Wildman–Crippen LogP) is 1.77. The highest BCUT2D eigenvalue weighted by molar-refractivity contribution is 6.33. The van der Waals surface area contributed by atoms with E-state index in [1.807, 2.05) is 18.2 Å². The van der Waals surface area contributed by atoms with Gasteiger partial charge in [-0.2, -0.15) is 0 Å². The summed E-state index contributed by atoms with van der Waals surface area (Å²) in [4.78, 5) is 9.03. The monoisotopic (exact) mass is 213 g/mol. The molecule has 0 amide bonds. The average Bonchev–Trinajstić information content (AvgIpc) is 2.17. The lowest BCUT2D eigenvalue weighted by Gasteiger charge is -2.24. The van der Waals surface area contributed by atoms with Gasteiger partial charge < -0.3 is 10.8 Å². The van der Waals surface area contributed by atoms with Crippen LogP contribution in [0.2, 0.25) is 0 Å². The van der Waals surface area contributed by atoms with Crippen LogP contribution in [0, 0.1) is 0 Å². The highest BCUT2D eigenvalue weighted by Crippen LogP contribution is 2.29. The van der Waals surface area contributed by atoms with Crippen molar-refractivity contribution in [1.82, 2.24) is 0 Å². The summed E-state index contributed by atoms with van der Waals surface area (Å²) in [5.41, 5.74) is 6.31. The van der Waals surface area contributed by atoms with Crippen LogP contribution in [0.15, 0.2) is 30.3 Å². The summed E-state index contributed by atoms with van der Waals surface area (Å²) >= 11 is 5.73. The van der Waals surface area contributed by atoms with Crippen molar-refractivity contribution in [3.8, 4) is 0 Å². The second-order valence-corrected chi connectivity index (χ2v) is 3.83. The van der Waals surface area contributed by atoms with Gasteiger partial charge in [0.05, 0.1) is 0 Å². The number of halogens is 1. The fourth-order valence-electron chi connectivity index (χ4n) is 1.17. The molecule has 1 rings (SSSR count). The highest BCUT2D eigenvalue weighted by atomic mass is 35.5. The summed E-state index contributed by atoms with van der Waals surface area (Å²) in [6, 6.07) is 9.10. The van der Waals surface area contributed by atoms with Gasteiger partial charge in [0.25, 0.3) is 0 Å². The maximum atomic E-state index is 10.8. The number of nitrogens with two attached hydrogens (primary N) is 1. The number of aliphatic carboxylic acids is 1. The fraction of sp³-hybridized carbons (Fsp3) is 0.300. The van der Waals surface area contributed by atoms with Crippen LogP contribution in [-0.4, -0.2) is 16.1 Å². The van der Waals surface area contributed by atoms with Crippen LogP contribution in [0.25, 0.3) is 0 Å². The van der Waals surface area contributed by atoms with Crippen LogP contribution in [0.1, 0.15) is 18.4 Å². The SMILES string of the molecule is C[C@H](c1ccccc1)[C@](N)(Cl)C(=O)O. The molecular formula is C10H12ClNO2. The molecule has 0 saturated heterocycles. The van der Waals surface area contributed by atoms with E-state index in [1.54, 1.807) is 19.1 Å². The summed E-state index contributed by atoms with van der Waals surface area (Å²) in [6.45, 7) is 1.69. The summed E-state index contributed by atoms with van der Waals surface area (Å²) in [6.07, 6.45) is 0. The molecule has 0 aliphatic heterocycles. The van der Waals surface area contributed by atoms with Crippen molar-refractivity contribution in [3.05, 3.63) is 35.9 Å². The largest absolute Gasteiger partial charge is 0.479 e. The number of carbonyl (C=O) groups is 1. The Kier molecular flexibility index (Phi) is 3.13. The molecule has 3 N–H and O–H groups in total. The minimum atomic E-state index is -1.75. The second-order valence-electron chi connectivity index (χ2n) is 3.21. The summed E-state index contributed by atoms with van der Waals surface area (Å²) < 4.78 is 0. The standard InChI is InChI=1S/C10H12ClNO2/c1-7(10(11,12)9(13)14)8-5-3-2-4-6-8/h2-7H,12H2,1H3,(H,13,14)/t7-,10-/m1/s1. The minimum absolute atomic E-state index is 0.442. The van der Waals surface area contributed by atoms with Crippen molar-refractivity contribution in [2.45, 2.75) is 17.8 Å². The van der Waals surface area contributed by atoms with Gasteiger partial charge in [-0.1, -0.05) is 48.9 Å². The van der Waals surface area contributed by atoms with E-state index in [2.05, 4.69) is 0 Å². The average molecular weight is 214 g/mol. The van der Waals surface area contributed by atoms with E-state index in [1.165, 1.54) is 0 Å². The summed E-state index contributed by atoms with van der Waals surface area (Å²) in [5, 5.41) is 8.82. The first-order valence-corrected chi connectivity index (χ1v) is 4.60. The number of hydrogen-bond donors (Lipinski definition) is 2. The van der Waals surface area contributed by atoms with E-state index in [0.717, 1.165) is 5.56 Å². The third-order valence-electron chi connectivity index (χ3n) is 2.26. The smallest absolute Gasteiger partial charge is 0.339 e. The normalized spacial score (nSPS) is 17.1. The summed E-state index contributed by atoms with van der Waals surface area (Å²) in [7, 11) is 0. The lowest BCUT2D eigenvalue weighted by molar-refractivity contribution is -0.140. The van der Waals surface area contributed by atoms with Gasteiger partial charge in [0, 0.05) is 5.92 Å². The maximum Gasteiger partial charge on any atom is 0.339 e. The van der Waals surface area contributed by atoms with Gasteiger partial charge in [-0.15, -0.1) is 0 Å². The van der Waals surface area contributed by atoms with Crippen LogP contribution in [0.5, 0.6) is 0 Å². The van der Waals surface area contributed by atoms with Crippen molar-refractivity contribution in [2.24, 2.45) is 5.73 Å². The number of hydrogen-bond acceptors (Lipinski definition) is 2. The Balaban J connectivity index is 2.96. The van der Waals surface area contributed by atoms with Gasteiger partial charge in [-0.05, 0) is 5.56 Å². The summed E-state index contributed by atoms with van der Waals surface area (Å²) in [5.74, 6) is -1.65. The number of carboxylic acid groups (broad SMARTS) is 1. The van der Waals surface area contributed by atoms with Crippen molar-refractivity contribution < 1.29 is 9.90 Å². The Morgan fingerprint density at radius 2 is 2.00 bits per heavy atom. The van der Waals surface area contributed by atoms with Crippen LogP contribution >= 0.6 is 11.6 Å². The number of benzene rings is 1. The molecule has 1 aromatic rings. The molecule has 0 fully saturated rings. The first-order chi connectivity index (χ1) is 6.46. The lowest BCUT2D eigenvalue weighted by Crippen LogP contribution is -2.46. The van der Waals surface area contributed by atoms with Crippen LogP contribution in [0.3, 0.4) is 0 Å². The van der Waals surface area contributed by atoms with E-state index in [-0.39, 0.29) is 0 Å². The van der Waals surface area contributed by atoms with Crippen molar-refractivity contribution in [2.75, 3.05) is 0 Å². The molecule has 76 valence electrons. The zero-order chi connectivity index (χ0) is 10.8. The molecule has 0 aromatic heterocycles. The molecule has 3 nitrogen and oxygen atoms in total. The van der Waals surface area contributed by atoms with Crippen molar-refractivity contribution >= 4 is 17.6 Å². The highest BCUT2D eigenvalue weighted by Gasteiger charge is 2.38. The van der Waals surface area contributed by atoms with E-state index in [4.69, 9.17) is 22.4 Å². The number of rotatable bonds is 3. The van der Waals surface area contributed by atoms with E-state index < -0.39 is 16.9 Å². The van der Waals surface area contributed by atoms with Gasteiger partial charge in [0.1, 0.15) is 0 Å². The van der Waals surface area contributed by atoms with Crippen molar-refractivity contribution in [1.29, 1.82) is 0 Å². The quantitative estimate of drug-likeness (QED) is 0.594. The Morgan fingerprint density at radius 3 is 2.43 bits per heavy atom. The van der Waals surface area contributed by atoms with Crippen LogP contribution in [0.4, 0.5) is 0 Å². The van der Waals surface area contributed by atoms with Gasteiger partial charge >= 0.3 is 5.97 Å². The van der Waals surface area contributed by atoms with Gasteiger partial charge in [0.15, 0.2) is 5.00 Å². The van der Waals surface area contributed by atoms with Crippen LogP contribution in [-0.2, 0) is 4.79 Å². The number of alkyl halides is 1. The molecule has 4 heteroatoms. The van der Waals surface area contributed by atoms with Crippen molar-refractivity contribution in [3.63, 3.8) is 0 Å². The molecular weight excluding hydrogens is 202 g/mol. The molecule has 0 radical (unpaired) electrons. The topological polar surface area (TPSA) is 63.3 Å². The van der Waals surface area contributed by atoms with Gasteiger partial charge in [0.2, 0.25) is 0 Å².